The Kier molecular flexibility index (Phi) is 6.59. The summed E-state index contributed by atoms with van der Waals surface area (Å²) in [6.45, 7) is 3.43. The molecule has 2 amide bonds. The van der Waals surface area contributed by atoms with Gasteiger partial charge in [-0.1, -0.05) is 30.3 Å². The van der Waals surface area contributed by atoms with E-state index in [1.54, 1.807) is 17.0 Å². The number of anilines is 1. The first kappa shape index (κ1) is 22.4. The van der Waals surface area contributed by atoms with Crippen LogP contribution in [0, 0.1) is 0 Å². The standard InChI is InChI=1S/C23H27N3O5S/c1-17(27)26-10-9-18-5-2-3-8-21(18)22(26)16-23(28)24-19-6-4-7-20(15-19)32(29,30)25-11-13-31-14-12-25/h2-8,15,22H,9-14,16H2,1H3,(H,24,28). The van der Waals surface area contributed by atoms with Crippen LogP contribution in [-0.2, 0) is 30.8 Å². The predicted molar refractivity (Wildman–Crippen MR) is 120 cm³/mol. The number of sulfonamides is 1. The summed E-state index contributed by atoms with van der Waals surface area (Å²) in [5.41, 5.74) is 2.52. The second-order valence-electron chi connectivity index (χ2n) is 7.97. The van der Waals surface area contributed by atoms with Crippen LogP contribution in [0.1, 0.15) is 30.5 Å². The molecule has 0 aliphatic carbocycles. The normalized spacial score (nSPS) is 19.3. The number of ether oxygens (including phenoxy) is 1. The molecule has 2 aliphatic heterocycles. The zero-order valence-electron chi connectivity index (χ0n) is 18.0. The van der Waals surface area contributed by atoms with E-state index >= 15 is 0 Å². The molecule has 0 saturated carbocycles. The van der Waals surface area contributed by atoms with E-state index in [4.69, 9.17) is 4.74 Å². The fourth-order valence-corrected chi connectivity index (χ4v) is 5.76. The molecule has 2 aromatic carbocycles. The quantitative estimate of drug-likeness (QED) is 0.743. The fraction of sp³-hybridized carbons (Fsp3) is 0.391. The lowest BCUT2D eigenvalue weighted by atomic mass is 9.90. The largest absolute Gasteiger partial charge is 0.379 e. The van der Waals surface area contributed by atoms with Gasteiger partial charge in [-0.3, -0.25) is 9.59 Å². The minimum absolute atomic E-state index is 0.0732. The van der Waals surface area contributed by atoms with Gasteiger partial charge in [0.1, 0.15) is 0 Å². The van der Waals surface area contributed by atoms with Gasteiger partial charge in [0, 0.05) is 32.2 Å². The first-order valence-electron chi connectivity index (χ1n) is 10.7. The first-order chi connectivity index (χ1) is 15.4. The number of nitrogens with one attached hydrogen (secondary N) is 1. The predicted octanol–water partition coefficient (Wildman–Crippen LogP) is 2.18. The molecule has 4 rings (SSSR count). The minimum atomic E-state index is -3.66. The van der Waals surface area contributed by atoms with Crippen LogP contribution < -0.4 is 5.32 Å². The number of nitrogens with zero attached hydrogens (tertiary/aromatic N) is 2. The lowest BCUT2D eigenvalue weighted by molar-refractivity contribution is -0.132. The van der Waals surface area contributed by atoms with Crippen molar-refractivity contribution >= 4 is 27.5 Å². The van der Waals surface area contributed by atoms with Gasteiger partial charge in [-0.2, -0.15) is 4.31 Å². The third kappa shape index (κ3) is 4.69. The Balaban J connectivity index is 1.51. The van der Waals surface area contributed by atoms with E-state index in [1.165, 1.54) is 23.4 Å². The van der Waals surface area contributed by atoms with Gasteiger partial charge < -0.3 is 15.0 Å². The molecule has 2 aromatic rings. The molecule has 1 saturated heterocycles. The van der Waals surface area contributed by atoms with Crippen LogP contribution in [0.2, 0.25) is 0 Å². The van der Waals surface area contributed by atoms with E-state index in [-0.39, 0.29) is 29.2 Å². The zero-order chi connectivity index (χ0) is 22.7. The van der Waals surface area contributed by atoms with E-state index in [9.17, 15) is 18.0 Å². The van der Waals surface area contributed by atoms with Crippen molar-refractivity contribution in [2.24, 2.45) is 0 Å². The number of morpholine rings is 1. The highest BCUT2D eigenvalue weighted by atomic mass is 32.2. The zero-order valence-corrected chi connectivity index (χ0v) is 18.8. The third-order valence-corrected chi connectivity index (χ3v) is 7.82. The van der Waals surface area contributed by atoms with Crippen molar-refractivity contribution in [3.63, 3.8) is 0 Å². The number of rotatable bonds is 5. The van der Waals surface area contributed by atoms with Crippen molar-refractivity contribution in [2.75, 3.05) is 38.2 Å². The molecule has 0 radical (unpaired) electrons. The average molecular weight is 458 g/mol. The summed E-state index contributed by atoms with van der Waals surface area (Å²) < 4.78 is 32.5. The van der Waals surface area contributed by atoms with Crippen LogP contribution in [0.25, 0.3) is 0 Å². The molecule has 1 atom stereocenters. The van der Waals surface area contributed by atoms with Gasteiger partial charge in [-0.15, -0.1) is 0 Å². The second kappa shape index (κ2) is 9.40. The molecule has 0 bridgehead atoms. The van der Waals surface area contributed by atoms with E-state index in [1.807, 2.05) is 24.3 Å². The number of fused-ring (bicyclic) bond motifs is 1. The average Bonchev–Trinajstić information content (AvgIpc) is 2.80. The second-order valence-corrected chi connectivity index (χ2v) is 9.91. The van der Waals surface area contributed by atoms with Crippen LogP contribution in [0.15, 0.2) is 53.4 Å². The lowest BCUT2D eigenvalue weighted by Gasteiger charge is -2.36. The Morgan fingerprint density at radius 3 is 2.56 bits per heavy atom. The van der Waals surface area contributed by atoms with E-state index < -0.39 is 10.0 Å². The SMILES string of the molecule is CC(=O)N1CCc2ccccc2C1CC(=O)Nc1cccc(S(=O)(=O)N2CCOCC2)c1. The molecular weight excluding hydrogens is 430 g/mol. The number of amides is 2. The Morgan fingerprint density at radius 2 is 1.81 bits per heavy atom. The summed E-state index contributed by atoms with van der Waals surface area (Å²) in [4.78, 5) is 26.9. The summed E-state index contributed by atoms with van der Waals surface area (Å²) in [5, 5.41) is 2.81. The summed E-state index contributed by atoms with van der Waals surface area (Å²) in [7, 11) is -3.66. The molecule has 2 heterocycles. The maximum absolute atomic E-state index is 12.9. The Morgan fingerprint density at radius 1 is 1.06 bits per heavy atom. The van der Waals surface area contributed by atoms with Gasteiger partial charge in [0.2, 0.25) is 21.8 Å². The highest BCUT2D eigenvalue weighted by Gasteiger charge is 2.31. The molecule has 0 aromatic heterocycles. The van der Waals surface area contributed by atoms with Gasteiger partial charge in [0.25, 0.3) is 0 Å². The van der Waals surface area contributed by atoms with E-state index in [0.717, 1.165) is 17.5 Å². The van der Waals surface area contributed by atoms with Crippen LogP contribution in [-0.4, -0.2) is 62.3 Å². The van der Waals surface area contributed by atoms with Crippen LogP contribution >= 0.6 is 0 Å². The lowest BCUT2D eigenvalue weighted by Crippen LogP contribution is -2.40. The molecule has 2 aliphatic rings. The third-order valence-electron chi connectivity index (χ3n) is 5.92. The summed E-state index contributed by atoms with van der Waals surface area (Å²) in [6, 6.07) is 13.8. The molecule has 170 valence electrons. The topological polar surface area (TPSA) is 96.0 Å². The molecule has 0 spiro atoms. The fourth-order valence-electron chi connectivity index (χ4n) is 4.31. The number of carbonyl (C=O) groups is 2. The molecule has 9 heteroatoms. The van der Waals surface area contributed by atoms with Crippen molar-refractivity contribution in [3.8, 4) is 0 Å². The van der Waals surface area contributed by atoms with Crippen LogP contribution in [0.3, 0.4) is 0 Å². The van der Waals surface area contributed by atoms with Gasteiger partial charge >= 0.3 is 0 Å². The van der Waals surface area contributed by atoms with Gasteiger partial charge in [0.15, 0.2) is 0 Å². The first-order valence-corrected chi connectivity index (χ1v) is 12.1. The van der Waals surface area contributed by atoms with Crippen molar-refractivity contribution in [3.05, 3.63) is 59.7 Å². The maximum atomic E-state index is 12.9. The number of hydrogen-bond donors (Lipinski definition) is 1. The summed E-state index contributed by atoms with van der Waals surface area (Å²) in [6.07, 6.45) is 0.854. The summed E-state index contributed by atoms with van der Waals surface area (Å²) in [5.74, 6) is -0.352. The Labute approximate surface area is 188 Å². The van der Waals surface area contributed by atoms with Gasteiger partial charge in [-0.25, -0.2) is 8.42 Å². The van der Waals surface area contributed by atoms with Crippen LogP contribution in [0.5, 0.6) is 0 Å². The van der Waals surface area contributed by atoms with Gasteiger partial charge in [0.05, 0.1) is 30.6 Å². The molecule has 1 N–H and O–H groups in total. The minimum Gasteiger partial charge on any atom is -0.379 e. The number of carbonyl (C=O) groups excluding carboxylic acids is 2. The van der Waals surface area contributed by atoms with Crippen LogP contribution in [0.4, 0.5) is 5.69 Å². The Bertz CT molecular complexity index is 1110. The maximum Gasteiger partial charge on any atom is 0.243 e. The van der Waals surface area contributed by atoms with Crippen molar-refractivity contribution in [1.82, 2.24) is 9.21 Å². The highest BCUT2D eigenvalue weighted by molar-refractivity contribution is 7.89. The molecule has 32 heavy (non-hydrogen) atoms. The van der Waals surface area contributed by atoms with Gasteiger partial charge in [-0.05, 0) is 35.7 Å². The Hall–Kier alpha value is -2.75. The van der Waals surface area contributed by atoms with Crippen molar-refractivity contribution in [2.45, 2.75) is 30.7 Å². The molecular formula is C23H27N3O5S. The highest BCUT2D eigenvalue weighted by Crippen LogP contribution is 2.32. The van der Waals surface area contributed by atoms with Crippen molar-refractivity contribution in [1.29, 1.82) is 0 Å². The number of hydrogen-bond acceptors (Lipinski definition) is 5. The summed E-state index contributed by atoms with van der Waals surface area (Å²) >= 11 is 0. The smallest absolute Gasteiger partial charge is 0.243 e. The molecule has 1 fully saturated rings. The van der Waals surface area contributed by atoms with E-state index in [0.29, 0.717) is 38.5 Å². The van der Waals surface area contributed by atoms with E-state index in [2.05, 4.69) is 5.32 Å². The number of benzene rings is 2. The molecule has 8 nitrogen and oxygen atoms in total. The monoisotopic (exact) mass is 457 g/mol. The van der Waals surface area contributed by atoms with Crippen molar-refractivity contribution < 1.29 is 22.7 Å². The molecule has 1 unspecified atom stereocenters.